The molecule has 0 bridgehead atoms. The fraction of sp³-hybridized carbons (Fsp3) is 0.269. The van der Waals surface area contributed by atoms with Gasteiger partial charge in [-0.05, 0) is 67.4 Å². The van der Waals surface area contributed by atoms with Crippen molar-refractivity contribution < 1.29 is 27.4 Å². The molecule has 0 aromatic heterocycles. The minimum Gasteiger partial charge on any atom is -0.497 e. The van der Waals surface area contributed by atoms with Crippen LogP contribution < -0.4 is 19.5 Å². The van der Waals surface area contributed by atoms with Crippen molar-refractivity contribution in [2.45, 2.75) is 17.7 Å². The zero-order valence-corrected chi connectivity index (χ0v) is 21.5. The van der Waals surface area contributed by atoms with Gasteiger partial charge in [-0.15, -0.1) is 0 Å². The summed E-state index contributed by atoms with van der Waals surface area (Å²) in [5.74, 6) is 1.47. The molecule has 10 heteroatoms. The number of hydrogen-bond acceptors (Lipinski definition) is 6. The van der Waals surface area contributed by atoms with Crippen molar-refractivity contribution in [3.05, 3.63) is 71.8 Å². The van der Waals surface area contributed by atoms with Gasteiger partial charge in [0.1, 0.15) is 5.75 Å². The molecule has 0 unspecified atom stereocenters. The highest BCUT2D eigenvalue weighted by atomic mass is 35.5. The third-order valence-electron chi connectivity index (χ3n) is 6.01. The lowest BCUT2D eigenvalue weighted by Gasteiger charge is -2.30. The molecule has 1 heterocycles. The Kier molecular flexibility index (Phi) is 8.03. The molecular weight excluding hydrogens is 504 g/mol. The first kappa shape index (κ1) is 25.8. The number of halogens is 1. The van der Waals surface area contributed by atoms with Crippen LogP contribution in [0.5, 0.6) is 23.0 Å². The van der Waals surface area contributed by atoms with Crippen molar-refractivity contribution in [1.82, 2.24) is 4.31 Å². The first-order chi connectivity index (χ1) is 17.3. The quantitative estimate of drug-likeness (QED) is 0.431. The van der Waals surface area contributed by atoms with Crippen LogP contribution in [0.2, 0.25) is 5.02 Å². The van der Waals surface area contributed by atoms with Gasteiger partial charge >= 0.3 is 0 Å². The number of sulfonamides is 1. The maximum atomic E-state index is 13.1. The van der Waals surface area contributed by atoms with E-state index in [0.717, 1.165) is 0 Å². The molecule has 3 aromatic rings. The Morgan fingerprint density at radius 3 is 2.22 bits per heavy atom. The van der Waals surface area contributed by atoms with Gasteiger partial charge in [0.05, 0.1) is 24.8 Å². The predicted molar refractivity (Wildman–Crippen MR) is 138 cm³/mol. The van der Waals surface area contributed by atoms with Gasteiger partial charge in [0.15, 0.2) is 17.2 Å². The summed E-state index contributed by atoms with van der Waals surface area (Å²) < 4.78 is 43.9. The Bertz CT molecular complexity index is 1320. The summed E-state index contributed by atoms with van der Waals surface area (Å²) in [6.45, 7) is 0.485. The largest absolute Gasteiger partial charge is 0.497 e. The van der Waals surface area contributed by atoms with Crippen molar-refractivity contribution in [2.75, 3.05) is 32.6 Å². The van der Waals surface area contributed by atoms with E-state index in [4.69, 9.17) is 25.8 Å². The van der Waals surface area contributed by atoms with Crippen LogP contribution in [0.25, 0.3) is 0 Å². The van der Waals surface area contributed by atoms with Gasteiger partial charge in [-0.2, -0.15) is 4.31 Å². The minimum absolute atomic E-state index is 0.197. The molecular formula is C26H27ClN2O6S. The smallest absolute Gasteiger partial charge is 0.243 e. The van der Waals surface area contributed by atoms with Crippen LogP contribution in [0.4, 0.5) is 5.69 Å². The Morgan fingerprint density at radius 2 is 1.58 bits per heavy atom. The number of carbonyl (C=O) groups is 1. The zero-order chi connectivity index (χ0) is 25.7. The Hall–Kier alpha value is -3.27. The number of carbonyl (C=O) groups excluding carboxylic acids is 1. The van der Waals surface area contributed by atoms with Crippen molar-refractivity contribution in [1.29, 1.82) is 0 Å². The number of para-hydroxylation sites is 2. The third kappa shape index (κ3) is 5.75. The molecule has 4 rings (SSSR count). The first-order valence-corrected chi connectivity index (χ1v) is 13.2. The van der Waals surface area contributed by atoms with Gasteiger partial charge < -0.3 is 19.5 Å². The molecule has 3 aromatic carbocycles. The van der Waals surface area contributed by atoms with Gasteiger partial charge in [-0.25, -0.2) is 8.42 Å². The number of piperidine rings is 1. The SMILES string of the molecule is COc1ccc(S(=O)(=O)N2CCC(C(=O)Nc3cc(Cl)ccc3Oc3ccccc3OC)CC2)cc1. The fourth-order valence-corrected chi connectivity index (χ4v) is 5.64. The van der Waals surface area contributed by atoms with Crippen LogP contribution in [0.15, 0.2) is 71.6 Å². The molecule has 1 N–H and O–H groups in total. The summed E-state index contributed by atoms with van der Waals surface area (Å²) in [7, 11) is -0.578. The maximum Gasteiger partial charge on any atom is 0.243 e. The number of benzene rings is 3. The van der Waals surface area contributed by atoms with Gasteiger partial charge in [-0.1, -0.05) is 23.7 Å². The van der Waals surface area contributed by atoms with E-state index in [9.17, 15) is 13.2 Å². The zero-order valence-electron chi connectivity index (χ0n) is 19.9. The molecule has 0 saturated carbocycles. The second kappa shape index (κ2) is 11.2. The summed E-state index contributed by atoms with van der Waals surface area (Å²) in [6, 6.07) is 18.4. The van der Waals surface area contributed by atoms with E-state index in [2.05, 4.69) is 5.32 Å². The van der Waals surface area contributed by atoms with E-state index < -0.39 is 10.0 Å². The van der Waals surface area contributed by atoms with Crippen LogP contribution in [-0.2, 0) is 14.8 Å². The highest BCUT2D eigenvalue weighted by molar-refractivity contribution is 7.89. The summed E-state index contributed by atoms with van der Waals surface area (Å²) >= 11 is 6.18. The second-order valence-electron chi connectivity index (χ2n) is 8.24. The van der Waals surface area contributed by atoms with Crippen LogP contribution >= 0.6 is 11.6 Å². The molecule has 0 aliphatic carbocycles. The van der Waals surface area contributed by atoms with E-state index in [1.807, 2.05) is 12.1 Å². The second-order valence-corrected chi connectivity index (χ2v) is 10.6. The molecule has 190 valence electrons. The van der Waals surface area contributed by atoms with Crippen molar-refractivity contribution in [3.8, 4) is 23.0 Å². The van der Waals surface area contributed by atoms with E-state index >= 15 is 0 Å². The fourth-order valence-electron chi connectivity index (χ4n) is 4.00. The standard InChI is InChI=1S/C26H27ClN2O6S/c1-33-20-8-10-21(11-9-20)36(31,32)29-15-13-18(14-16-29)26(30)28-22-17-19(27)7-12-23(22)35-25-6-4-3-5-24(25)34-2/h3-12,17-18H,13-16H2,1-2H3,(H,28,30). The third-order valence-corrected chi connectivity index (χ3v) is 8.16. The molecule has 1 amide bonds. The number of ether oxygens (including phenoxy) is 3. The number of anilines is 1. The molecule has 1 saturated heterocycles. The number of amides is 1. The van der Waals surface area contributed by atoms with Crippen LogP contribution in [0, 0.1) is 5.92 Å². The van der Waals surface area contributed by atoms with Crippen molar-refractivity contribution >= 4 is 33.2 Å². The summed E-state index contributed by atoms with van der Waals surface area (Å²) in [4.78, 5) is 13.3. The van der Waals surface area contributed by atoms with Crippen LogP contribution in [0.3, 0.4) is 0 Å². The van der Waals surface area contributed by atoms with Crippen LogP contribution in [-0.4, -0.2) is 45.9 Å². The predicted octanol–water partition coefficient (Wildman–Crippen LogP) is 5.19. The lowest BCUT2D eigenvalue weighted by atomic mass is 9.97. The lowest BCUT2D eigenvalue weighted by molar-refractivity contribution is -0.120. The van der Waals surface area contributed by atoms with E-state index in [1.165, 1.54) is 23.5 Å². The molecule has 1 fully saturated rings. The molecule has 36 heavy (non-hydrogen) atoms. The monoisotopic (exact) mass is 530 g/mol. The molecule has 0 radical (unpaired) electrons. The molecule has 1 aliphatic rings. The first-order valence-electron chi connectivity index (χ1n) is 11.4. The average molecular weight is 531 g/mol. The molecule has 0 spiro atoms. The van der Waals surface area contributed by atoms with Gasteiger partial charge in [0, 0.05) is 24.0 Å². The van der Waals surface area contributed by atoms with Crippen LogP contribution in [0.1, 0.15) is 12.8 Å². The minimum atomic E-state index is -3.65. The van der Waals surface area contributed by atoms with E-state index in [0.29, 0.717) is 46.5 Å². The Morgan fingerprint density at radius 1 is 0.917 bits per heavy atom. The number of nitrogens with zero attached hydrogens (tertiary/aromatic N) is 1. The topological polar surface area (TPSA) is 94.2 Å². The maximum absolute atomic E-state index is 13.1. The Balaban J connectivity index is 1.43. The number of nitrogens with one attached hydrogen (secondary N) is 1. The highest BCUT2D eigenvalue weighted by Gasteiger charge is 2.32. The Labute approximate surface area is 215 Å². The van der Waals surface area contributed by atoms with Crippen molar-refractivity contribution in [3.63, 3.8) is 0 Å². The lowest BCUT2D eigenvalue weighted by Crippen LogP contribution is -2.41. The number of methoxy groups -OCH3 is 2. The number of rotatable bonds is 8. The summed E-state index contributed by atoms with van der Waals surface area (Å²) in [5, 5.41) is 3.35. The van der Waals surface area contributed by atoms with Gasteiger partial charge in [0.25, 0.3) is 0 Å². The average Bonchev–Trinajstić information content (AvgIpc) is 2.90. The summed E-state index contributed by atoms with van der Waals surface area (Å²) in [5.41, 5.74) is 0.423. The summed E-state index contributed by atoms with van der Waals surface area (Å²) in [6.07, 6.45) is 0.787. The number of hydrogen-bond donors (Lipinski definition) is 1. The molecule has 0 atom stereocenters. The van der Waals surface area contributed by atoms with Gasteiger partial charge in [-0.3, -0.25) is 4.79 Å². The molecule has 8 nitrogen and oxygen atoms in total. The highest BCUT2D eigenvalue weighted by Crippen LogP contribution is 2.37. The molecule has 1 aliphatic heterocycles. The van der Waals surface area contributed by atoms with Gasteiger partial charge in [0.2, 0.25) is 15.9 Å². The van der Waals surface area contributed by atoms with E-state index in [1.54, 1.807) is 49.6 Å². The van der Waals surface area contributed by atoms with Crippen molar-refractivity contribution in [2.24, 2.45) is 5.92 Å². The normalized spacial score (nSPS) is 14.8. The van der Waals surface area contributed by atoms with E-state index in [-0.39, 0.29) is 29.8 Å².